The van der Waals surface area contributed by atoms with E-state index in [2.05, 4.69) is 11.1 Å². The molecular formula is C12H12NO3. The standard InChI is InChI=1S/C12H12NO3/c1-2-15-12(14)8-16-11-7-9-5-3-4-6-10(9)13-11/h3-6,13H,2,8H2,1H3. The molecule has 1 heterocycles. The predicted molar refractivity (Wildman–Crippen MR) is 59.3 cm³/mol. The number of hydrogen-bond donors (Lipinski definition) is 1. The molecule has 83 valence electrons. The first-order chi connectivity index (χ1) is 7.79. The van der Waals surface area contributed by atoms with Gasteiger partial charge in [-0.1, -0.05) is 18.2 Å². The van der Waals surface area contributed by atoms with Crippen LogP contribution in [0, 0.1) is 6.07 Å². The average molecular weight is 218 g/mol. The summed E-state index contributed by atoms with van der Waals surface area (Å²) < 4.78 is 9.97. The van der Waals surface area contributed by atoms with Crippen LogP contribution in [0.3, 0.4) is 0 Å². The van der Waals surface area contributed by atoms with Crippen LogP contribution < -0.4 is 4.74 Å². The van der Waals surface area contributed by atoms with E-state index in [0.717, 1.165) is 10.9 Å². The Hall–Kier alpha value is -1.97. The number of benzene rings is 1. The number of H-pyrrole nitrogens is 1. The summed E-state index contributed by atoms with van der Waals surface area (Å²) in [6.45, 7) is 2.02. The Kier molecular flexibility index (Phi) is 3.10. The largest absolute Gasteiger partial charge is 0.466 e. The van der Waals surface area contributed by atoms with Crippen molar-refractivity contribution in [2.45, 2.75) is 6.92 Å². The van der Waals surface area contributed by atoms with Gasteiger partial charge in [0.15, 0.2) is 6.61 Å². The minimum Gasteiger partial charge on any atom is -0.466 e. The molecule has 0 atom stereocenters. The number of carbonyl (C=O) groups excluding carboxylic acids is 1. The van der Waals surface area contributed by atoms with Crippen LogP contribution in [0.25, 0.3) is 10.9 Å². The topological polar surface area (TPSA) is 51.3 Å². The monoisotopic (exact) mass is 218 g/mol. The van der Waals surface area contributed by atoms with E-state index in [4.69, 9.17) is 9.47 Å². The van der Waals surface area contributed by atoms with Crippen LogP contribution in [0.1, 0.15) is 6.92 Å². The Morgan fingerprint density at radius 2 is 2.25 bits per heavy atom. The van der Waals surface area contributed by atoms with Gasteiger partial charge >= 0.3 is 5.97 Å². The first-order valence-corrected chi connectivity index (χ1v) is 5.08. The van der Waals surface area contributed by atoms with Crippen molar-refractivity contribution < 1.29 is 14.3 Å². The van der Waals surface area contributed by atoms with Crippen LogP contribution in [0.15, 0.2) is 24.3 Å². The van der Waals surface area contributed by atoms with Crippen LogP contribution in [-0.4, -0.2) is 24.2 Å². The molecule has 0 saturated carbocycles. The SMILES string of the molecule is CCOC(=O)COc1[c]c2ccccc2[nH]1. The lowest BCUT2D eigenvalue weighted by Crippen LogP contribution is -2.14. The molecule has 0 saturated heterocycles. The van der Waals surface area contributed by atoms with E-state index in [9.17, 15) is 4.79 Å². The Morgan fingerprint density at radius 3 is 3.00 bits per heavy atom. The van der Waals surface area contributed by atoms with E-state index >= 15 is 0 Å². The molecule has 0 spiro atoms. The highest BCUT2D eigenvalue weighted by molar-refractivity contribution is 5.80. The summed E-state index contributed by atoms with van der Waals surface area (Å²) >= 11 is 0. The molecule has 4 nitrogen and oxygen atoms in total. The molecular weight excluding hydrogens is 206 g/mol. The van der Waals surface area contributed by atoms with Crippen LogP contribution in [-0.2, 0) is 9.53 Å². The summed E-state index contributed by atoms with van der Waals surface area (Å²) in [6.07, 6.45) is 0. The van der Waals surface area contributed by atoms with E-state index in [0.29, 0.717) is 12.5 Å². The highest BCUT2D eigenvalue weighted by Crippen LogP contribution is 2.18. The molecule has 0 aliphatic rings. The molecule has 1 N–H and O–H groups in total. The van der Waals surface area contributed by atoms with Gasteiger partial charge < -0.3 is 14.5 Å². The maximum atomic E-state index is 11.1. The fraction of sp³-hybridized carbons (Fsp3) is 0.250. The van der Waals surface area contributed by atoms with Crippen LogP contribution in [0.2, 0.25) is 0 Å². The maximum Gasteiger partial charge on any atom is 0.344 e. The third kappa shape index (κ3) is 2.34. The normalized spacial score (nSPS) is 10.3. The first kappa shape index (κ1) is 10.5. The van der Waals surface area contributed by atoms with Gasteiger partial charge in [-0.05, 0) is 13.0 Å². The Balaban J connectivity index is 2.02. The summed E-state index contributed by atoms with van der Waals surface area (Å²) in [6, 6.07) is 10.7. The molecule has 1 aromatic carbocycles. The van der Waals surface area contributed by atoms with Gasteiger partial charge in [0.2, 0.25) is 5.88 Å². The van der Waals surface area contributed by atoms with E-state index in [1.165, 1.54) is 0 Å². The number of carbonyl (C=O) groups is 1. The predicted octanol–water partition coefficient (Wildman–Crippen LogP) is 1.91. The quantitative estimate of drug-likeness (QED) is 0.797. The molecule has 4 heteroatoms. The number of aromatic nitrogens is 1. The summed E-state index contributed by atoms with van der Waals surface area (Å²) in [5, 5.41) is 0.932. The minimum atomic E-state index is -0.380. The van der Waals surface area contributed by atoms with Gasteiger partial charge in [-0.25, -0.2) is 4.79 Å². The van der Waals surface area contributed by atoms with Gasteiger partial charge in [-0.2, -0.15) is 0 Å². The average Bonchev–Trinajstić information content (AvgIpc) is 2.69. The lowest BCUT2D eigenvalue weighted by Gasteiger charge is -2.02. The van der Waals surface area contributed by atoms with Crippen molar-refractivity contribution in [3.05, 3.63) is 30.3 Å². The maximum absolute atomic E-state index is 11.1. The van der Waals surface area contributed by atoms with Crippen molar-refractivity contribution in [3.63, 3.8) is 0 Å². The van der Waals surface area contributed by atoms with E-state index < -0.39 is 0 Å². The highest BCUT2D eigenvalue weighted by Gasteiger charge is 2.05. The van der Waals surface area contributed by atoms with Crippen molar-refractivity contribution >= 4 is 16.9 Å². The van der Waals surface area contributed by atoms with Gasteiger partial charge in [-0.15, -0.1) is 0 Å². The summed E-state index contributed by atoms with van der Waals surface area (Å²) in [4.78, 5) is 14.1. The lowest BCUT2D eigenvalue weighted by atomic mass is 10.3. The second-order valence-corrected chi connectivity index (χ2v) is 3.22. The molecule has 0 aliphatic heterocycles. The van der Waals surface area contributed by atoms with Gasteiger partial charge in [0.05, 0.1) is 12.7 Å². The Morgan fingerprint density at radius 1 is 1.44 bits per heavy atom. The lowest BCUT2D eigenvalue weighted by molar-refractivity contribution is -0.145. The van der Waals surface area contributed by atoms with E-state index in [-0.39, 0.29) is 12.6 Å². The van der Waals surface area contributed by atoms with E-state index in [1.54, 1.807) is 6.92 Å². The zero-order chi connectivity index (χ0) is 11.4. The number of ether oxygens (including phenoxy) is 2. The number of aromatic amines is 1. The van der Waals surface area contributed by atoms with Gasteiger partial charge in [0.1, 0.15) is 0 Å². The summed E-state index contributed by atoms with van der Waals surface area (Å²) in [5.74, 6) is 0.0730. The number of para-hydroxylation sites is 1. The number of esters is 1. The fourth-order valence-corrected chi connectivity index (χ4v) is 1.38. The van der Waals surface area contributed by atoms with Crippen LogP contribution >= 0.6 is 0 Å². The second kappa shape index (κ2) is 4.70. The molecule has 0 bridgehead atoms. The number of rotatable bonds is 4. The molecule has 0 amide bonds. The molecule has 0 aliphatic carbocycles. The number of nitrogens with one attached hydrogen (secondary N) is 1. The first-order valence-electron chi connectivity index (χ1n) is 5.08. The Bertz CT molecular complexity index is 457. The molecule has 2 aromatic rings. The molecule has 1 radical (unpaired) electrons. The zero-order valence-electron chi connectivity index (χ0n) is 8.95. The molecule has 0 unspecified atom stereocenters. The zero-order valence-corrected chi connectivity index (χ0v) is 8.95. The third-order valence-corrected chi connectivity index (χ3v) is 2.06. The summed E-state index contributed by atoms with van der Waals surface area (Å²) in [7, 11) is 0. The van der Waals surface area contributed by atoms with Crippen molar-refractivity contribution in [3.8, 4) is 5.88 Å². The van der Waals surface area contributed by atoms with Crippen LogP contribution in [0.5, 0.6) is 5.88 Å². The van der Waals surface area contributed by atoms with Crippen molar-refractivity contribution in [1.82, 2.24) is 4.98 Å². The number of fused-ring (bicyclic) bond motifs is 1. The van der Waals surface area contributed by atoms with E-state index in [1.807, 2.05) is 24.3 Å². The van der Waals surface area contributed by atoms with Crippen molar-refractivity contribution in [2.24, 2.45) is 0 Å². The molecule has 2 rings (SSSR count). The minimum absolute atomic E-state index is 0.100. The van der Waals surface area contributed by atoms with Crippen molar-refractivity contribution in [2.75, 3.05) is 13.2 Å². The second-order valence-electron chi connectivity index (χ2n) is 3.22. The fourth-order valence-electron chi connectivity index (χ4n) is 1.38. The molecule has 1 aromatic heterocycles. The van der Waals surface area contributed by atoms with Gasteiger partial charge in [0.25, 0.3) is 0 Å². The smallest absolute Gasteiger partial charge is 0.344 e. The van der Waals surface area contributed by atoms with Gasteiger partial charge in [-0.3, -0.25) is 0 Å². The molecule has 0 fully saturated rings. The Labute approximate surface area is 93.2 Å². The molecule has 16 heavy (non-hydrogen) atoms. The number of hydrogen-bond acceptors (Lipinski definition) is 3. The summed E-state index contributed by atoms with van der Waals surface area (Å²) in [5.41, 5.74) is 0.932. The van der Waals surface area contributed by atoms with Gasteiger partial charge in [0, 0.05) is 10.9 Å². The highest BCUT2D eigenvalue weighted by atomic mass is 16.6. The van der Waals surface area contributed by atoms with Crippen molar-refractivity contribution in [1.29, 1.82) is 0 Å². The third-order valence-electron chi connectivity index (χ3n) is 2.06. The van der Waals surface area contributed by atoms with Crippen LogP contribution in [0.4, 0.5) is 0 Å².